The topological polar surface area (TPSA) is 70.0 Å². The van der Waals surface area contributed by atoms with Crippen LogP contribution in [-0.2, 0) is 10.3 Å². The minimum Gasteiger partial charge on any atom is -0.444 e. The molecule has 1 aromatic rings. The Morgan fingerprint density at radius 1 is 1.36 bits per heavy atom. The molecule has 1 saturated heterocycles. The second kappa shape index (κ2) is 6.07. The molecule has 6 heteroatoms. The van der Waals surface area contributed by atoms with Gasteiger partial charge in [0.2, 0.25) is 0 Å². The fourth-order valence-corrected chi connectivity index (χ4v) is 2.62. The van der Waals surface area contributed by atoms with Crippen LogP contribution in [0.2, 0.25) is 5.02 Å². The van der Waals surface area contributed by atoms with Gasteiger partial charge < -0.3 is 19.8 Å². The summed E-state index contributed by atoms with van der Waals surface area (Å²) in [7, 11) is 0. The van der Waals surface area contributed by atoms with Crippen molar-refractivity contribution in [2.75, 3.05) is 13.1 Å². The number of aliphatic hydroxyl groups is 2. The van der Waals surface area contributed by atoms with Gasteiger partial charge in [0.25, 0.3) is 0 Å². The number of halogens is 1. The number of β-amino-alcohol motifs (C(OH)–C–C–N with tert-alkyl or cyclic N) is 1. The molecule has 0 unspecified atom stereocenters. The summed E-state index contributed by atoms with van der Waals surface area (Å²) in [6.45, 7) is 5.69. The lowest BCUT2D eigenvalue weighted by atomic mass is 9.82. The predicted octanol–water partition coefficient (Wildman–Crippen LogP) is 2.53. The molecule has 1 aromatic carbocycles. The molecule has 1 aliphatic heterocycles. The average molecular weight is 328 g/mol. The lowest BCUT2D eigenvalue weighted by Gasteiger charge is -2.42. The lowest BCUT2D eigenvalue weighted by molar-refractivity contribution is -0.123. The number of likely N-dealkylation sites (tertiary alicyclic amines) is 1. The maximum absolute atomic E-state index is 12.0. The van der Waals surface area contributed by atoms with Crippen LogP contribution in [0.4, 0.5) is 4.79 Å². The largest absolute Gasteiger partial charge is 0.444 e. The molecule has 1 heterocycles. The molecule has 2 rings (SSSR count). The van der Waals surface area contributed by atoms with Crippen molar-refractivity contribution in [2.24, 2.45) is 0 Å². The smallest absolute Gasteiger partial charge is 0.410 e. The van der Waals surface area contributed by atoms with Crippen LogP contribution in [-0.4, -0.2) is 46.0 Å². The molecule has 2 atom stereocenters. The summed E-state index contributed by atoms with van der Waals surface area (Å²) in [5, 5.41) is 21.7. The number of hydrogen-bond acceptors (Lipinski definition) is 4. The minimum absolute atomic E-state index is 0.0219. The SMILES string of the molecule is CC(C)(C)OC(=O)N1CC[C@@](O)(c2ccc(Cl)cc2)[C@H](O)C1. The molecule has 122 valence electrons. The first kappa shape index (κ1) is 17.1. The van der Waals surface area contributed by atoms with E-state index in [4.69, 9.17) is 16.3 Å². The van der Waals surface area contributed by atoms with Gasteiger partial charge in [0.15, 0.2) is 0 Å². The van der Waals surface area contributed by atoms with Gasteiger partial charge in [-0.3, -0.25) is 0 Å². The van der Waals surface area contributed by atoms with Crippen LogP contribution < -0.4 is 0 Å². The molecule has 1 fully saturated rings. The van der Waals surface area contributed by atoms with Crippen LogP contribution in [0.3, 0.4) is 0 Å². The summed E-state index contributed by atoms with van der Waals surface area (Å²) in [5.41, 5.74) is -1.39. The molecule has 0 radical (unpaired) electrons. The monoisotopic (exact) mass is 327 g/mol. The number of carbonyl (C=O) groups excluding carboxylic acids is 1. The Kier molecular flexibility index (Phi) is 4.70. The van der Waals surface area contributed by atoms with Crippen molar-refractivity contribution in [1.82, 2.24) is 4.90 Å². The van der Waals surface area contributed by atoms with E-state index in [0.717, 1.165) is 0 Å². The summed E-state index contributed by atoms with van der Waals surface area (Å²) in [6.07, 6.45) is -1.34. The highest BCUT2D eigenvalue weighted by atomic mass is 35.5. The number of hydrogen-bond donors (Lipinski definition) is 2. The van der Waals surface area contributed by atoms with Gasteiger partial charge in [-0.15, -0.1) is 0 Å². The van der Waals surface area contributed by atoms with E-state index in [1.807, 2.05) is 0 Å². The zero-order valence-corrected chi connectivity index (χ0v) is 13.8. The molecule has 0 aromatic heterocycles. The van der Waals surface area contributed by atoms with E-state index in [2.05, 4.69) is 0 Å². The first-order valence-corrected chi connectivity index (χ1v) is 7.64. The normalized spacial score (nSPS) is 25.9. The fraction of sp³-hybridized carbons (Fsp3) is 0.562. The molecule has 0 saturated carbocycles. The summed E-state index contributed by atoms with van der Waals surface area (Å²) in [6, 6.07) is 6.72. The third-order valence-corrected chi connectivity index (χ3v) is 3.96. The number of carbonyl (C=O) groups is 1. The van der Waals surface area contributed by atoms with Gasteiger partial charge >= 0.3 is 6.09 Å². The fourth-order valence-electron chi connectivity index (χ4n) is 2.49. The standard InChI is InChI=1S/C16H22ClNO4/c1-15(2,3)22-14(20)18-9-8-16(21,13(19)10-18)11-4-6-12(17)7-5-11/h4-7,13,19,21H,8-10H2,1-3H3/t13-,16-/m1/s1. The molecular formula is C16H22ClNO4. The van der Waals surface area contributed by atoms with Crippen LogP contribution in [0.15, 0.2) is 24.3 Å². The van der Waals surface area contributed by atoms with Gasteiger partial charge in [0, 0.05) is 18.0 Å². The summed E-state index contributed by atoms with van der Waals surface area (Å²) in [4.78, 5) is 13.5. The quantitative estimate of drug-likeness (QED) is 0.831. The number of rotatable bonds is 1. The average Bonchev–Trinajstić information content (AvgIpc) is 2.40. The lowest BCUT2D eigenvalue weighted by Crippen LogP contribution is -2.55. The molecule has 0 bridgehead atoms. The highest BCUT2D eigenvalue weighted by Crippen LogP contribution is 2.34. The second-order valence-corrected chi connectivity index (χ2v) is 7.06. The Labute approximate surface area is 135 Å². The number of piperidine rings is 1. The van der Waals surface area contributed by atoms with E-state index in [1.54, 1.807) is 45.0 Å². The summed E-state index contributed by atoms with van der Waals surface area (Å²) >= 11 is 5.85. The van der Waals surface area contributed by atoms with Gasteiger partial charge in [0.1, 0.15) is 17.3 Å². The van der Waals surface area contributed by atoms with E-state index in [1.165, 1.54) is 4.90 Å². The Morgan fingerprint density at radius 3 is 2.45 bits per heavy atom. The third kappa shape index (κ3) is 3.72. The van der Waals surface area contributed by atoms with Crippen molar-refractivity contribution in [3.63, 3.8) is 0 Å². The highest BCUT2D eigenvalue weighted by Gasteiger charge is 2.43. The van der Waals surface area contributed by atoms with Gasteiger partial charge in [0.05, 0.1) is 6.54 Å². The molecule has 0 aliphatic carbocycles. The molecule has 2 N–H and O–H groups in total. The summed E-state index contributed by atoms with van der Waals surface area (Å²) in [5.74, 6) is 0. The number of benzene rings is 1. The minimum atomic E-state index is -1.39. The number of aliphatic hydroxyl groups excluding tert-OH is 1. The Balaban J connectivity index is 2.09. The zero-order valence-electron chi connectivity index (χ0n) is 13.0. The Morgan fingerprint density at radius 2 is 1.95 bits per heavy atom. The van der Waals surface area contributed by atoms with Crippen molar-refractivity contribution in [3.8, 4) is 0 Å². The number of nitrogens with zero attached hydrogens (tertiary/aromatic N) is 1. The van der Waals surface area contributed by atoms with Crippen molar-refractivity contribution in [1.29, 1.82) is 0 Å². The van der Waals surface area contributed by atoms with Gasteiger partial charge in [-0.1, -0.05) is 23.7 Å². The van der Waals surface area contributed by atoms with Crippen molar-refractivity contribution >= 4 is 17.7 Å². The maximum Gasteiger partial charge on any atom is 0.410 e. The van der Waals surface area contributed by atoms with Gasteiger partial charge in [-0.2, -0.15) is 0 Å². The highest BCUT2D eigenvalue weighted by molar-refractivity contribution is 6.30. The molecule has 1 amide bonds. The van der Waals surface area contributed by atoms with Gasteiger partial charge in [-0.05, 0) is 38.5 Å². The molecular weight excluding hydrogens is 306 g/mol. The molecule has 22 heavy (non-hydrogen) atoms. The van der Waals surface area contributed by atoms with Crippen molar-refractivity contribution < 1.29 is 19.7 Å². The number of ether oxygens (including phenoxy) is 1. The predicted molar refractivity (Wildman–Crippen MR) is 83.8 cm³/mol. The van der Waals surface area contributed by atoms with Crippen molar-refractivity contribution in [2.45, 2.75) is 44.5 Å². The first-order chi connectivity index (χ1) is 10.1. The van der Waals surface area contributed by atoms with Crippen LogP contribution >= 0.6 is 11.6 Å². The second-order valence-electron chi connectivity index (χ2n) is 6.62. The van der Waals surface area contributed by atoms with Crippen LogP contribution in [0.1, 0.15) is 32.8 Å². The first-order valence-electron chi connectivity index (χ1n) is 7.26. The van der Waals surface area contributed by atoms with E-state index in [9.17, 15) is 15.0 Å². The number of amides is 1. The Bertz CT molecular complexity index is 540. The van der Waals surface area contributed by atoms with Crippen LogP contribution in [0, 0.1) is 0 Å². The van der Waals surface area contributed by atoms with E-state index >= 15 is 0 Å². The Hall–Kier alpha value is -1.30. The van der Waals surface area contributed by atoms with Crippen molar-refractivity contribution in [3.05, 3.63) is 34.9 Å². The van der Waals surface area contributed by atoms with Gasteiger partial charge in [-0.25, -0.2) is 4.79 Å². The van der Waals surface area contributed by atoms with E-state index in [0.29, 0.717) is 17.1 Å². The van der Waals surface area contributed by atoms with Crippen LogP contribution in [0.5, 0.6) is 0 Å². The van der Waals surface area contributed by atoms with E-state index in [-0.39, 0.29) is 13.0 Å². The molecule has 0 spiro atoms. The third-order valence-electron chi connectivity index (χ3n) is 3.70. The molecule has 5 nitrogen and oxygen atoms in total. The molecule has 1 aliphatic rings. The van der Waals surface area contributed by atoms with Crippen LogP contribution in [0.25, 0.3) is 0 Å². The van der Waals surface area contributed by atoms with E-state index < -0.39 is 23.4 Å². The summed E-state index contributed by atoms with van der Waals surface area (Å²) < 4.78 is 5.29. The maximum atomic E-state index is 12.0. The zero-order chi connectivity index (χ0) is 16.5.